The van der Waals surface area contributed by atoms with E-state index in [1.165, 1.54) is 0 Å². The summed E-state index contributed by atoms with van der Waals surface area (Å²) in [6.45, 7) is 2.12. The molecule has 0 unspecified atom stereocenters. The van der Waals surface area contributed by atoms with Gasteiger partial charge < -0.3 is 11.5 Å². The molecule has 1 aliphatic heterocycles. The maximum atomic E-state index is 11.1. The highest BCUT2D eigenvalue weighted by Crippen LogP contribution is 2.21. The van der Waals surface area contributed by atoms with Crippen LogP contribution in [0.2, 0.25) is 0 Å². The average Bonchev–Trinajstić information content (AvgIpc) is 2.76. The lowest BCUT2D eigenvalue weighted by atomic mass is 9.97. The molecule has 19 heavy (non-hydrogen) atoms. The first-order chi connectivity index (χ1) is 9.04. The molecule has 1 saturated heterocycles. The van der Waals surface area contributed by atoms with Crippen molar-refractivity contribution in [1.82, 2.24) is 4.90 Å². The molecular weight excluding hydrogens is 242 g/mol. The number of amides is 2. The molecule has 0 bridgehead atoms. The van der Waals surface area contributed by atoms with Crippen molar-refractivity contribution in [3.05, 3.63) is 35.4 Å². The van der Waals surface area contributed by atoms with Crippen LogP contribution >= 0.6 is 0 Å². The Kier molecular flexibility index (Phi) is 4.16. The molecule has 1 fully saturated rings. The Hall–Kier alpha value is -1.88. The molecule has 0 aromatic heterocycles. The molecule has 1 aromatic carbocycles. The largest absolute Gasteiger partial charge is 0.369 e. The quantitative estimate of drug-likeness (QED) is 0.789. The number of benzene rings is 1. The van der Waals surface area contributed by atoms with Gasteiger partial charge in [-0.15, -0.1) is 0 Å². The van der Waals surface area contributed by atoms with Crippen LogP contribution in [-0.2, 0) is 11.2 Å². The first-order valence-corrected chi connectivity index (χ1v) is 6.44. The minimum Gasteiger partial charge on any atom is -0.369 e. The van der Waals surface area contributed by atoms with Crippen molar-refractivity contribution < 1.29 is 9.59 Å². The lowest BCUT2D eigenvalue weighted by Crippen LogP contribution is -2.32. The zero-order chi connectivity index (χ0) is 13.8. The van der Waals surface area contributed by atoms with Crippen molar-refractivity contribution in [3.8, 4) is 0 Å². The highest BCUT2D eigenvalue weighted by atomic mass is 16.1. The van der Waals surface area contributed by atoms with Crippen LogP contribution in [0.15, 0.2) is 24.3 Å². The van der Waals surface area contributed by atoms with Gasteiger partial charge in [0.05, 0.1) is 6.54 Å². The van der Waals surface area contributed by atoms with Crippen LogP contribution in [-0.4, -0.2) is 36.3 Å². The highest BCUT2D eigenvalue weighted by Gasteiger charge is 2.23. The van der Waals surface area contributed by atoms with E-state index < -0.39 is 5.91 Å². The number of carbonyl (C=O) groups excluding carboxylic acids is 2. The van der Waals surface area contributed by atoms with Crippen molar-refractivity contribution in [2.45, 2.75) is 12.8 Å². The number of rotatable bonds is 5. The van der Waals surface area contributed by atoms with Gasteiger partial charge >= 0.3 is 0 Å². The minimum atomic E-state index is -0.399. The van der Waals surface area contributed by atoms with E-state index in [0.717, 1.165) is 31.5 Å². The maximum Gasteiger partial charge on any atom is 0.248 e. The molecular formula is C14H19N3O2. The predicted molar refractivity (Wildman–Crippen MR) is 72.4 cm³/mol. The van der Waals surface area contributed by atoms with Gasteiger partial charge in [0.25, 0.3) is 0 Å². The van der Waals surface area contributed by atoms with E-state index in [-0.39, 0.29) is 5.91 Å². The molecule has 102 valence electrons. The van der Waals surface area contributed by atoms with Crippen molar-refractivity contribution in [3.63, 3.8) is 0 Å². The summed E-state index contributed by atoms with van der Waals surface area (Å²) in [5.74, 6) is -0.178. The monoisotopic (exact) mass is 261 g/mol. The Labute approximate surface area is 112 Å². The van der Waals surface area contributed by atoms with Crippen LogP contribution in [0.4, 0.5) is 0 Å². The number of primary amides is 2. The van der Waals surface area contributed by atoms with Crippen LogP contribution in [0, 0.1) is 5.92 Å². The number of hydrogen-bond acceptors (Lipinski definition) is 3. The van der Waals surface area contributed by atoms with Crippen LogP contribution in [0.1, 0.15) is 22.3 Å². The van der Waals surface area contributed by atoms with Crippen molar-refractivity contribution in [2.24, 2.45) is 17.4 Å². The van der Waals surface area contributed by atoms with Crippen molar-refractivity contribution in [2.75, 3.05) is 19.6 Å². The predicted octanol–water partition coefficient (Wildman–Crippen LogP) is 0.135. The van der Waals surface area contributed by atoms with E-state index in [1.54, 1.807) is 6.07 Å². The normalized spacial score (nSPS) is 19.5. The fourth-order valence-corrected chi connectivity index (χ4v) is 2.63. The SMILES string of the molecule is NC(=O)CN1CC[C@@H](Cc2cccc(C(N)=O)c2)C1. The van der Waals surface area contributed by atoms with Gasteiger partial charge in [-0.3, -0.25) is 14.5 Å². The third-order valence-corrected chi connectivity index (χ3v) is 3.49. The molecule has 0 spiro atoms. The second-order valence-electron chi connectivity index (χ2n) is 5.12. The lowest BCUT2D eigenvalue weighted by molar-refractivity contribution is -0.118. The minimum absolute atomic E-state index is 0.281. The van der Waals surface area contributed by atoms with Gasteiger partial charge in [-0.25, -0.2) is 0 Å². The first kappa shape index (κ1) is 13.5. The zero-order valence-electron chi connectivity index (χ0n) is 10.8. The van der Waals surface area contributed by atoms with Crippen LogP contribution < -0.4 is 11.5 Å². The Bertz CT molecular complexity index is 487. The molecule has 0 aliphatic carbocycles. The van der Waals surface area contributed by atoms with Crippen LogP contribution in [0.3, 0.4) is 0 Å². The molecule has 1 aliphatic rings. The van der Waals surface area contributed by atoms with Crippen molar-refractivity contribution >= 4 is 11.8 Å². The molecule has 1 aromatic rings. The number of nitrogens with two attached hydrogens (primary N) is 2. The fourth-order valence-electron chi connectivity index (χ4n) is 2.63. The summed E-state index contributed by atoms with van der Waals surface area (Å²) in [6, 6.07) is 7.42. The Morgan fingerprint density at radius 1 is 1.32 bits per heavy atom. The number of hydrogen-bond donors (Lipinski definition) is 2. The standard InChI is InChI=1S/C14H19N3O2/c15-13(18)9-17-5-4-11(8-17)6-10-2-1-3-12(7-10)14(16)19/h1-3,7,11H,4-6,8-9H2,(H2,15,18)(H2,16,19)/t11-/m0/s1. The zero-order valence-corrected chi connectivity index (χ0v) is 10.8. The Balaban J connectivity index is 1.93. The van der Waals surface area contributed by atoms with E-state index in [4.69, 9.17) is 11.5 Å². The average molecular weight is 261 g/mol. The summed E-state index contributed by atoms with van der Waals surface area (Å²) in [6.07, 6.45) is 1.95. The molecule has 2 amide bonds. The van der Waals surface area contributed by atoms with Gasteiger partial charge in [0.15, 0.2) is 0 Å². The summed E-state index contributed by atoms with van der Waals surface area (Å²) in [7, 11) is 0. The van der Waals surface area contributed by atoms with Crippen molar-refractivity contribution in [1.29, 1.82) is 0 Å². The Morgan fingerprint density at radius 3 is 2.79 bits per heavy atom. The van der Waals surface area contributed by atoms with Gasteiger partial charge in [0, 0.05) is 12.1 Å². The van der Waals surface area contributed by atoms with E-state index in [1.807, 2.05) is 18.2 Å². The third kappa shape index (κ3) is 3.79. The van der Waals surface area contributed by atoms with E-state index in [0.29, 0.717) is 18.0 Å². The first-order valence-electron chi connectivity index (χ1n) is 6.44. The summed E-state index contributed by atoms with van der Waals surface area (Å²) < 4.78 is 0. The summed E-state index contributed by atoms with van der Waals surface area (Å²) in [5, 5.41) is 0. The molecule has 1 heterocycles. The molecule has 0 radical (unpaired) electrons. The second-order valence-corrected chi connectivity index (χ2v) is 5.12. The molecule has 5 nitrogen and oxygen atoms in total. The maximum absolute atomic E-state index is 11.1. The summed E-state index contributed by atoms with van der Waals surface area (Å²) in [5.41, 5.74) is 12.1. The smallest absolute Gasteiger partial charge is 0.248 e. The second kappa shape index (κ2) is 5.84. The van der Waals surface area contributed by atoms with Gasteiger partial charge in [-0.2, -0.15) is 0 Å². The summed E-state index contributed by atoms with van der Waals surface area (Å²) in [4.78, 5) is 24.1. The highest BCUT2D eigenvalue weighted by molar-refractivity contribution is 5.92. The molecule has 5 heteroatoms. The van der Waals surface area contributed by atoms with E-state index in [2.05, 4.69) is 4.90 Å². The molecule has 4 N–H and O–H groups in total. The lowest BCUT2D eigenvalue weighted by Gasteiger charge is -2.14. The Morgan fingerprint density at radius 2 is 2.11 bits per heavy atom. The number of carbonyl (C=O) groups is 2. The molecule has 0 saturated carbocycles. The van der Waals surface area contributed by atoms with E-state index >= 15 is 0 Å². The third-order valence-electron chi connectivity index (χ3n) is 3.49. The number of nitrogens with zero attached hydrogens (tertiary/aromatic N) is 1. The van der Waals surface area contributed by atoms with E-state index in [9.17, 15) is 9.59 Å². The molecule has 1 atom stereocenters. The number of likely N-dealkylation sites (tertiary alicyclic amines) is 1. The topological polar surface area (TPSA) is 89.4 Å². The van der Waals surface area contributed by atoms with Crippen LogP contribution in [0.5, 0.6) is 0 Å². The van der Waals surface area contributed by atoms with Gasteiger partial charge in [0.2, 0.25) is 11.8 Å². The fraction of sp³-hybridized carbons (Fsp3) is 0.429. The van der Waals surface area contributed by atoms with Gasteiger partial charge in [-0.1, -0.05) is 12.1 Å². The summed E-state index contributed by atoms with van der Waals surface area (Å²) >= 11 is 0. The van der Waals surface area contributed by atoms with Gasteiger partial charge in [-0.05, 0) is 43.0 Å². The van der Waals surface area contributed by atoms with Crippen LogP contribution in [0.25, 0.3) is 0 Å². The molecule has 2 rings (SSSR count). The van der Waals surface area contributed by atoms with Gasteiger partial charge in [0.1, 0.15) is 0 Å².